The average Bonchev–Trinajstić information content (AvgIpc) is 2.71. The molecule has 0 atom stereocenters. The zero-order valence-electron chi connectivity index (χ0n) is 15.9. The average molecular weight is 442 g/mol. The van der Waals surface area contributed by atoms with E-state index < -0.39 is 5.91 Å². The maximum absolute atomic E-state index is 12.8. The summed E-state index contributed by atoms with van der Waals surface area (Å²) in [5.41, 5.74) is 1.72. The number of pyridine rings is 1. The van der Waals surface area contributed by atoms with Gasteiger partial charge in [-0.2, -0.15) is 0 Å². The summed E-state index contributed by atoms with van der Waals surface area (Å²) >= 11 is 11.8. The van der Waals surface area contributed by atoms with Crippen molar-refractivity contribution < 1.29 is 14.7 Å². The molecule has 3 N–H and O–H groups in total. The lowest BCUT2D eigenvalue weighted by Gasteiger charge is -2.12. The third-order valence-corrected chi connectivity index (χ3v) is 4.82. The molecule has 0 fully saturated rings. The van der Waals surface area contributed by atoms with Gasteiger partial charge in [-0.05, 0) is 36.8 Å². The maximum atomic E-state index is 12.8. The Bertz CT molecular complexity index is 1130. The number of Topliss-reactive ketones (excluding diaryl/α,β-unsaturated/α-hetero) is 1. The second-order valence-corrected chi connectivity index (χ2v) is 7.44. The molecule has 152 valence electrons. The molecule has 0 unspecified atom stereocenters. The van der Waals surface area contributed by atoms with E-state index in [0.29, 0.717) is 21.9 Å². The van der Waals surface area contributed by atoms with Crippen LogP contribution in [0.25, 0.3) is 0 Å². The van der Waals surface area contributed by atoms with Gasteiger partial charge in [0.05, 0.1) is 5.02 Å². The highest BCUT2D eigenvalue weighted by atomic mass is 35.5. The van der Waals surface area contributed by atoms with Crippen molar-refractivity contribution in [2.75, 3.05) is 5.32 Å². The summed E-state index contributed by atoms with van der Waals surface area (Å²) < 4.78 is 0. The van der Waals surface area contributed by atoms with Crippen LogP contribution in [-0.2, 0) is 6.42 Å². The number of carbonyl (C=O) groups excluding carboxylic acids is 2. The predicted octanol–water partition coefficient (Wildman–Crippen LogP) is 5.16. The topological polar surface area (TPSA) is 103 Å². The van der Waals surface area contributed by atoms with Crippen molar-refractivity contribution >= 4 is 46.4 Å². The Morgan fingerprint density at radius 1 is 1.03 bits per heavy atom. The fraction of sp³-hybridized carbons (Fsp3) is 0.0909. The van der Waals surface area contributed by atoms with Crippen molar-refractivity contribution in [2.45, 2.75) is 13.3 Å². The van der Waals surface area contributed by atoms with Crippen molar-refractivity contribution in [3.05, 3.63) is 87.0 Å². The molecule has 3 rings (SSSR count). The summed E-state index contributed by atoms with van der Waals surface area (Å²) in [6, 6.07) is 12.3. The summed E-state index contributed by atoms with van der Waals surface area (Å²) in [6.45, 7) is 1.66. The summed E-state index contributed by atoms with van der Waals surface area (Å²) in [6.07, 6.45) is 1.18. The zero-order valence-corrected chi connectivity index (χ0v) is 17.4. The van der Waals surface area contributed by atoms with Gasteiger partial charge in [0.15, 0.2) is 5.78 Å². The first-order valence-corrected chi connectivity index (χ1v) is 9.63. The van der Waals surface area contributed by atoms with Gasteiger partial charge in [-0.3, -0.25) is 9.59 Å². The number of ketones is 1. The zero-order chi connectivity index (χ0) is 21.8. The molecule has 8 heteroatoms. The maximum Gasteiger partial charge on any atom is 0.257 e. The van der Waals surface area contributed by atoms with E-state index in [-0.39, 0.29) is 39.9 Å². The third kappa shape index (κ3) is 5.03. The van der Waals surface area contributed by atoms with Gasteiger partial charge in [0.25, 0.3) is 5.91 Å². The van der Waals surface area contributed by atoms with Crippen LogP contribution in [0.15, 0.2) is 54.7 Å². The van der Waals surface area contributed by atoms with Crippen LogP contribution in [0.3, 0.4) is 0 Å². The first-order chi connectivity index (χ1) is 14.2. The summed E-state index contributed by atoms with van der Waals surface area (Å²) in [5.74, 6) is -0.851. The monoisotopic (exact) mass is 441 g/mol. The number of nitrogens with zero attached hydrogens (tertiary/aromatic N) is 1. The number of aromatic nitrogens is 1. The van der Waals surface area contributed by atoms with E-state index >= 15 is 0 Å². The van der Waals surface area contributed by atoms with Crippen LogP contribution in [0.4, 0.5) is 5.82 Å². The minimum Gasteiger partial charge on any atom is -0.508 e. The van der Waals surface area contributed by atoms with Gasteiger partial charge in [0.1, 0.15) is 11.6 Å². The molecule has 1 aromatic heterocycles. The Kier molecular flexibility index (Phi) is 6.50. The first kappa shape index (κ1) is 21.5. The first-order valence-electron chi connectivity index (χ1n) is 8.87. The molecule has 0 aliphatic heterocycles. The van der Waals surface area contributed by atoms with Crippen LogP contribution in [0.5, 0.6) is 5.75 Å². The molecule has 0 radical (unpaired) electrons. The Morgan fingerprint density at radius 3 is 2.30 bits per heavy atom. The van der Waals surface area contributed by atoms with Crippen molar-refractivity contribution in [2.24, 2.45) is 0 Å². The lowest BCUT2D eigenvalue weighted by molar-refractivity contribution is 0.0991. The van der Waals surface area contributed by atoms with Gasteiger partial charge in [0, 0.05) is 40.0 Å². The van der Waals surface area contributed by atoms with Gasteiger partial charge < -0.3 is 15.8 Å². The molecule has 0 aliphatic carbocycles. The minimum atomic E-state index is -0.569. The van der Waals surface area contributed by atoms with Crippen LogP contribution in [0, 0.1) is 5.41 Å². The third-order valence-electron chi connectivity index (χ3n) is 4.38. The second-order valence-electron chi connectivity index (χ2n) is 6.57. The quantitative estimate of drug-likeness (QED) is 0.362. The standard InChI is InChI=1S/C22H17Cl2N3O3/c1-12(25)13-2-4-14(5-3-13)19(28)10-17-18(8-16(24)9-20(17)29)22(30)27-21-7-6-15(23)11-26-21/h2-9,11,25,29H,10H2,1H3,(H,26,27,30). The van der Waals surface area contributed by atoms with Gasteiger partial charge in [-0.1, -0.05) is 47.5 Å². The molecular weight excluding hydrogens is 425 g/mol. The number of amides is 1. The number of rotatable bonds is 6. The van der Waals surface area contributed by atoms with Crippen molar-refractivity contribution in [3.8, 4) is 5.75 Å². The highest BCUT2D eigenvalue weighted by Gasteiger charge is 2.20. The van der Waals surface area contributed by atoms with Crippen LogP contribution < -0.4 is 5.32 Å². The number of phenols is 1. The molecule has 3 aromatic rings. The van der Waals surface area contributed by atoms with Crippen molar-refractivity contribution in [3.63, 3.8) is 0 Å². The van der Waals surface area contributed by atoms with E-state index in [1.54, 1.807) is 37.3 Å². The number of benzene rings is 2. The number of nitrogens with one attached hydrogen (secondary N) is 2. The van der Waals surface area contributed by atoms with Crippen molar-refractivity contribution in [1.82, 2.24) is 4.98 Å². The van der Waals surface area contributed by atoms with Gasteiger partial charge in [0.2, 0.25) is 0 Å². The number of halogens is 2. The minimum absolute atomic E-state index is 0.0667. The van der Waals surface area contributed by atoms with Crippen LogP contribution in [0.2, 0.25) is 10.0 Å². The number of hydrogen-bond donors (Lipinski definition) is 3. The molecule has 0 saturated heterocycles. The number of carbonyl (C=O) groups is 2. The number of hydrogen-bond acceptors (Lipinski definition) is 5. The molecule has 30 heavy (non-hydrogen) atoms. The van der Waals surface area contributed by atoms with E-state index in [1.807, 2.05) is 0 Å². The predicted molar refractivity (Wildman–Crippen MR) is 117 cm³/mol. The van der Waals surface area contributed by atoms with E-state index in [0.717, 1.165) is 0 Å². The largest absolute Gasteiger partial charge is 0.508 e. The lowest BCUT2D eigenvalue weighted by Crippen LogP contribution is -2.17. The van der Waals surface area contributed by atoms with Gasteiger partial charge >= 0.3 is 0 Å². The van der Waals surface area contributed by atoms with Gasteiger partial charge in [-0.25, -0.2) is 4.98 Å². The highest BCUT2D eigenvalue weighted by Crippen LogP contribution is 2.29. The number of phenolic OH excluding ortho intramolecular Hbond substituents is 1. The highest BCUT2D eigenvalue weighted by molar-refractivity contribution is 6.31. The van der Waals surface area contributed by atoms with E-state index in [9.17, 15) is 14.7 Å². The molecule has 1 amide bonds. The Labute approximate surface area is 183 Å². The fourth-order valence-electron chi connectivity index (χ4n) is 2.81. The van der Waals surface area contributed by atoms with Crippen LogP contribution in [0.1, 0.15) is 38.8 Å². The van der Waals surface area contributed by atoms with Crippen LogP contribution in [-0.4, -0.2) is 27.5 Å². The second kappa shape index (κ2) is 9.07. The Hall–Kier alpha value is -3.22. The van der Waals surface area contributed by atoms with Gasteiger partial charge in [-0.15, -0.1) is 0 Å². The normalized spacial score (nSPS) is 10.5. The number of aromatic hydroxyl groups is 1. The van der Waals surface area contributed by atoms with E-state index in [1.165, 1.54) is 24.4 Å². The van der Waals surface area contributed by atoms with E-state index in [2.05, 4.69) is 10.3 Å². The molecule has 6 nitrogen and oxygen atoms in total. The van der Waals surface area contributed by atoms with Crippen LogP contribution >= 0.6 is 23.2 Å². The molecule has 0 bridgehead atoms. The summed E-state index contributed by atoms with van der Waals surface area (Å²) in [5, 5.41) is 21.2. The Morgan fingerprint density at radius 2 is 1.70 bits per heavy atom. The molecule has 0 saturated carbocycles. The van der Waals surface area contributed by atoms with E-state index in [4.69, 9.17) is 28.6 Å². The summed E-state index contributed by atoms with van der Waals surface area (Å²) in [7, 11) is 0. The molecule has 0 aliphatic rings. The Balaban J connectivity index is 1.88. The number of anilines is 1. The van der Waals surface area contributed by atoms with Crippen molar-refractivity contribution in [1.29, 1.82) is 5.41 Å². The molecule has 2 aromatic carbocycles. The summed E-state index contributed by atoms with van der Waals surface area (Å²) in [4.78, 5) is 29.5. The lowest BCUT2D eigenvalue weighted by atomic mass is 9.96. The molecule has 1 heterocycles. The molecular formula is C22H17Cl2N3O3. The smallest absolute Gasteiger partial charge is 0.257 e. The molecule has 0 spiro atoms. The SMILES string of the molecule is CC(=N)c1ccc(C(=O)Cc2c(O)cc(Cl)cc2C(=O)Nc2ccc(Cl)cn2)cc1. The fourth-order valence-corrected chi connectivity index (χ4v) is 3.14.